The van der Waals surface area contributed by atoms with Crippen LogP contribution in [0.15, 0.2) is 42.5 Å². The predicted molar refractivity (Wildman–Crippen MR) is 111 cm³/mol. The van der Waals surface area contributed by atoms with Crippen LogP contribution in [0.25, 0.3) is 11.1 Å². The van der Waals surface area contributed by atoms with Gasteiger partial charge >= 0.3 is 5.97 Å². The van der Waals surface area contributed by atoms with Crippen molar-refractivity contribution in [3.8, 4) is 11.1 Å². The standard InChI is InChI=1S/C22H27NO4S/c1-15-5-4-6-20(13-15)21-8-7-19(14-16(21)2)18-9-11-23(12-10-18)28(26,27)17(3)22(24)25/h4-8,13-14,17-18H,9-12H2,1-3H3,(H,24,25). The minimum absolute atomic E-state index is 0.289. The average molecular weight is 402 g/mol. The molecule has 1 aliphatic rings. The molecule has 1 saturated heterocycles. The van der Waals surface area contributed by atoms with Crippen LogP contribution in [0.3, 0.4) is 0 Å². The van der Waals surface area contributed by atoms with Crippen molar-refractivity contribution in [1.29, 1.82) is 0 Å². The fourth-order valence-corrected chi connectivity index (χ4v) is 5.29. The number of carbonyl (C=O) groups is 1. The largest absolute Gasteiger partial charge is 0.480 e. The highest BCUT2D eigenvalue weighted by molar-refractivity contribution is 7.90. The second-order valence-corrected chi connectivity index (χ2v) is 9.90. The summed E-state index contributed by atoms with van der Waals surface area (Å²) in [6, 6.07) is 14.9. The molecule has 2 aromatic rings. The van der Waals surface area contributed by atoms with Crippen molar-refractivity contribution in [2.24, 2.45) is 0 Å². The molecule has 1 fully saturated rings. The quantitative estimate of drug-likeness (QED) is 0.823. The Labute approximate surface area is 167 Å². The Morgan fingerprint density at radius 2 is 1.79 bits per heavy atom. The Morgan fingerprint density at radius 1 is 1.11 bits per heavy atom. The number of carboxylic acids is 1. The summed E-state index contributed by atoms with van der Waals surface area (Å²) < 4.78 is 26.1. The molecule has 6 heteroatoms. The van der Waals surface area contributed by atoms with Gasteiger partial charge in [0.05, 0.1) is 0 Å². The van der Waals surface area contributed by atoms with E-state index in [2.05, 4.69) is 56.3 Å². The summed E-state index contributed by atoms with van der Waals surface area (Å²) in [6.45, 7) is 6.15. The maximum atomic E-state index is 12.4. The van der Waals surface area contributed by atoms with Gasteiger partial charge in [-0.3, -0.25) is 4.79 Å². The number of carboxylic acid groups (broad SMARTS) is 1. The van der Waals surface area contributed by atoms with Gasteiger partial charge in [-0.2, -0.15) is 0 Å². The van der Waals surface area contributed by atoms with E-state index in [0.29, 0.717) is 25.9 Å². The van der Waals surface area contributed by atoms with Gasteiger partial charge in [0.1, 0.15) is 0 Å². The highest BCUT2D eigenvalue weighted by atomic mass is 32.2. The molecule has 28 heavy (non-hydrogen) atoms. The van der Waals surface area contributed by atoms with Crippen molar-refractivity contribution >= 4 is 16.0 Å². The lowest BCUT2D eigenvalue weighted by atomic mass is 9.87. The summed E-state index contributed by atoms with van der Waals surface area (Å²) in [4.78, 5) is 11.1. The molecular formula is C22H27NO4S. The first-order chi connectivity index (χ1) is 13.2. The zero-order valence-electron chi connectivity index (χ0n) is 16.6. The molecule has 0 aliphatic carbocycles. The third kappa shape index (κ3) is 4.13. The van der Waals surface area contributed by atoms with E-state index in [1.165, 1.54) is 39.0 Å². The molecule has 0 amide bonds. The van der Waals surface area contributed by atoms with Gasteiger partial charge in [0.25, 0.3) is 0 Å². The van der Waals surface area contributed by atoms with Gasteiger partial charge in [0, 0.05) is 13.1 Å². The van der Waals surface area contributed by atoms with Crippen LogP contribution in [0.5, 0.6) is 0 Å². The molecule has 5 nitrogen and oxygen atoms in total. The van der Waals surface area contributed by atoms with Gasteiger partial charge in [-0.1, -0.05) is 48.0 Å². The van der Waals surface area contributed by atoms with E-state index in [1.807, 2.05) is 0 Å². The fourth-order valence-electron chi connectivity index (χ4n) is 3.87. The highest BCUT2D eigenvalue weighted by Crippen LogP contribution is 2.33. The van der Waals surface area contributed by atoms with Crippen LogP contribution in [0.4, 0.5) is 0 Å². The predicted octanol–water partition coefficient (Wildman–Crippen LogP) is 3.95. The van der Waals surface area contributed by atoms with E-state index in [-0.39, 0.29) is 5.92 Å². The van der Waals surface area contributed by atoms with Crippen LogP contribution in [0.1, 0.15) is 42.4 Å². The maximum absolute atomic E-state index is 12.4. The Hall–Kier alpha value is -2.18. The highest BCUT2D eigenvalue weighted by Gasteiger charge is 2.36. The van der Waals surface area contributed by atoms with Crippen LogP contribution >= 0.6 is 0 Å². The van der Waals surface area contributed by atoms with Crippen LogP contribution < -0.4 is 0 Å². The molecule has 1 heterocycles. The number of hydrogen-bond acceptors (Lipinski definition) is 3. The second-order valence-electron chi connectivity index (χ2n) is 7.64. The van der Waals surface area contributed by atoms with Gasteiger partial charge in [0.15, 0.2) is 5.25 Å². The van der Waals surface area contributed by atoms with Crippen molar-refractivity contribution < 1.29 is 18.3 Å². The number of aryl methyl sites for hydroxylation is 2. The lowest BCUT2D eigenvalue weighted by Gasteiger charge is -2.32. The number of piperidine rings is 1. The molecule has 1 aliphatic heterocycles. The van der Waals surface area contributed by atoms with Gasteiger partial charge in [-0.25, -0.2) is 12.7 Å². The summed E-state index contributed by atoms with van der Waals surface area (Å²) in [5.74, 6) is -1.01. The summed E-state index contributed by atoms with van der Waals surface area (Å²) in [5.41, 5.74) is 6.07. The minimum Gasteiger partial charge on any atom is -0.480 e. The Bertz CT molecular complexity index is 976. The zero-order chi connectivity index (χ0) is 20.5. The molecular weight excluding hydrogens is 374 g/mol. The number of rotatable bonds is 5. The van der Waals surface area contributed by atoms with Crippen molar-refractivity contribution in [1.82, 2.24) is 4.31 Å². The maximum Gasteiger partial charge on any atom is 0.323 e. The zero-order valence-corrected chi connectivity index (χ0v) is 17.4. The van der Waals surface area contributed by atoms with E-state index in [0.717, 1.165) is 0 Å². The van der Waals surface area contributed by atoms with Crippen LogP contribution in [0.2, 0.25) is 0 Å². The molecule has 0 radical (unpaired) electrons. The van der Waals surface area contributed by atoms with Crippen LogP contribution in [-0.4, -0.2) is 42.1 Å². The Balaban J connectivity index is 1.73. The van der Waals surface area contributed by atoms with E-state index < -0.39 is 21.2 Å². The molecule has 0 spiro atoms. The summed E-state index contributed by atoms with van der Waals surface area (Å²) in [7, 11) is -3.79. The first kappa shape index (κ1) is 20.6. The average Bonchev–Trinajstić information content (AvgIpc) is 2.67. The van der Waals surface area contributed by atoms with E-state index in [9.17, 15) is 13.2 Å². The summed E-state index contributed by atoms with van der Waals surface area (Å²) in [6.07, 6.45) is 1.41. The summed E-state index contributed by atoms with van der Waals surface area (Å²) >= 11 is 0. The number of hydrogen-bond donors (Lipinski definition) is 1. The van der Waals surface area contributed by atoms with E-state index in [1.54, 1.807) is 0 Å². The van der Waals surface area contributed by atoms with Gasteiger partial charge in [0.2, 0.25) is 10.0 Å². The lowest BCUT2D eigenvalue weighted by molar-refractivity contribution is -0.136. The third-order valence-corrected chi connectivity index (χ3v) is 7.84. The topological polar surface area (TPSA) is 74.7 Å². The second kappa shape index (κ2) is 8.05. The monoisotopic (exact) mass is 401 g/mol. The van der Waals surface area contributed by atoms with E-state index in [4.69, 9.17) is 5.11 Å². The van der Waals surface area contributed by atoms with Crippen LogP contribution in [-0.2, 0) is 14.8 Å². The molecule has 0 aromatic heterocycles. The van der Waals surface area contributed by atoms with Gasteiger partial charge in [-0.05, 0) is 61.8 Å². The minimum atomic E-state index is -3.79. The van der Waals surface area contributed by atoms with Crippen LogP contribution in [0, 0.1) is 13.8 Å². The molecule has 1 unspecified atom stereocenters. The molecule has 150 valence electrons. The summed E-state index contributed by atoms with van der Waals surface area (Å²) in [5, 5.41) is 7.64. The van der Waals surface area contributed by atoms with Crippen molar-refractivity contribution in [2.45, 2.75) is 44.8 Å². The third-order valence-electron chi connectivity index (χ3n) is 5.66. The normalized spacial score (nSPS) is 17.4. The molecule has 1 atom stereocenters. The van der Waals surface area contributed by atoms with Crippen molar-refractivity contribution in [3.05, 3.63) is 59.2 Å². The molecule has 2 aromatic carbocycles. The smallest absolute Gasteiger partial charge is 0.323 e. The first-order valence-corrected chi connectivity index (χ1v) is 11.1. The molecule has 0 saturated carbocycles. The number of sulfonamides is 1. The van der Waals surface area contributed by atoms with E-state index >= 15 is 0 Å². The number of nitrogens with zero attached hydrogens (tertiary/aromatic N) is 1. The molecule has 3 rings (SSSR count). The van der Waals surface area contributed by atoms with Gasteiger partial charge < -0.3 is 5.11 Å². The number of benzene rings is 2. The van der Waals surface area contributed by atoms with Gasteiger partial charge in [-0.15, -0.1) is 0 Å². The lowest BCUT2D eigenvalue weighted by Crippen LogP contribution is -2.44. The number of aliphatic carboxylic acids is 1. The SMILES string of the molecule is Cc1cccc(-c2ccc(C3CCN(S(=O)(=O)C(C)C(=O)O)CC3)cc2C)c1. The first-order valence-electron chi connectivity index (χ1n) is 9.59. The Morgan fingerprint density at radius 3 is 2.36 bits per heavy atom. The Kier molecular flexibility index (Phi) is 5.91. The molecule has 1 N–H and O–H groups in total. The van der Waals surface area contributed by atoms with Crippen molar-refractivity contribution in [3.63, 3.8) is 0 Å². The fraction of sp³-hybridized carbons (Fsp3) is 0.409. The van der Waals surface area contributed by atoms with Crippen molar-refractivity contribution in [2.75, 3.05) is 13.1 Å². The molecule has 0 bridgehead atoms.